The van der Waals surface area contributed by atoms with Crippen LogP contribution in [-0.2, 0) is 24.1 Å². The van der Waals surface area contributed by atoms with Crippen LogP contribution in [0.4, 0.5) is 0 Å². The molecule has 1 aliphatic carbocycles. The molecule has 2 aliphatic rings. The molecule has 2 aromatic rings. The maximum Gasteiger partial charge on any atom is 0.263 e. The van der Waals surface area contributed by atoms with Crippen molar-refractivity contribution in [2.24, 2.45) is 0 Å². The molecule has 23 heavy (non-hydrogen) atoms. The average Bonchev–Trinajstić information content (AvgIpc) is 3.24. The Bertz CT molecular complexity index is 775. The van der Waals surface area contributed by atoms with Crippen LogP contribution in [0.25, 0.3) is 10.2 Å². The molecule has 6 heteroatoms. The van der Waals surface area contributed by atoms with Crippen LogP contribution >= 0.6 is 23.1 Å². The molecule has 0 radical (unpaired) electrons. The molecule has 1 atom stereocenters. The number of hydrogen-bond donors (Lipinski definition) is 0. The van der Waals surface area contributed by atoms with Gasteiger partial charge in [0.2, 0.25) is 0 Å². The second-order valence-electron chi connectivity index (χ2n) is 6.33. The predicted molar refractivity (Wildman–Crippen MR) is 95.9 cm³/mol. The zero-order chi connectivity index (χ0) is 15.8. The lowest BCUT2D eigenvalue weighted by atomic mass is 10.2. The van der Waals surface area contributed by atoms with Crippen molar-refractivity contribution in [3.05, 3.63) is 20.8 Å². The average molecular weight is 351 g/mol. The molecule has 4 rings (SSSR count). The first kappa shape index (κ1) is 15.7. The Morgan fingerprint density at radius 3 is 3.09 bits per heavy atom. The first-order valence-electron chi connectivity index (χ1n) is 8.57. The Hall–Kier alpha value is -0.850. The number of thiophene rings is 1. The van der Waals surface area contributed by atoms with Gasteiger partial charge < -0.3 is 4.74 Å². The Kier molecular flexibility index (Phi) is 4.48. The molecule has 0 N–H and O–H groups in total. The van der Waals surface area contributed by atoms with E-state index in [1.165, 1.54) is 16.9 Å². The summed E-state index contributed by atoms with van der Waals surface area (Å²) >= 11 is 3.42. The molecule has 3 heterocycles. The van der Waals surface area contributed by atoms with Crippen molar-refractivity contribution in [2.75, 3.05) is 12.4 Å². The Morgan fingerprint density at radius 2 is 2.30 bits per heavy atom. The molecule has 1 fully saturated rings. The van der Waals surface area contributed by atoms with Gasteiger partial charge in [-0.2, -0.15) is 0 Å². The van der Waals surface area contributed by atoms with Crippen molar-refractivity contribution in [2.45, 2.75) is 63.3 Å². The van der Waals surface area contributed by atoms with Gasteiger partial charge in [0, 0.05) is 23.8 Å². The molecule has 0 amide bonds. The minimum atomic E-state index is 0.172. The number of hydrogen-bond acceptors (Lipinski definition) is 5. The van der Waals surface area contributed by atoms with Gasteiger partial charge in [0.05, 0.1) is 11.5 Å². The molecule has 0 spiro atoms. The van der Waals surface area contributed by atoms with E-state index in [-0.39, 0.29) is 5.56 Å². The Morgan fingerprint density at radius 1 is 1.39 bits per heavy atom. The second-order valence-corrected chi connectivity index (χ2v) is 8.41. The minimum Gasteiger partial charge on any atom is -0.377 e. The highest BCUT2D eigenvalue weighted by Crippen LogP contribution is 2.35. The van der Waals surface area contributed by atoms with Crippen molar-refractivity contribution in [1.29, 1.82) is 0 Å². The predicted octanol–water partition coefficient (Wildman–Crippen LogP) is 3.63. The fraction of sp³-hybridized carbons (Fsp3) is 0.647. The third kappa shape index (κ3) is 2.85. The summed E-state index contributed by atoms with van der Waals surface area (Å²) in [5.74, 6) is 0.896. The Labute approximate surface area is 144 Å². The lowest BCUT2D eigenvalue weighted by Gasteiger charge is -2.13. The van der Waals surface area contributed by atoms with Crippen LogP contribution in [0.1, 0.15) is 43.0 Å². The van der Waals surface area contributed by atoms with Gasteiger partial charge in [-0.05, 0) is 44.1 Å². The minimum absolute atomic E-state index is 0.172. The SMILES string of the molecule is CCCn1c(SC[C@@H]2CCCO2)nc2sc3c(c2c1=O)CCC3. The quantitative estimate of drug-likeness (QED) is 0.610. The summed E-state index contributed by atoms with van der Waals surface area (Å²) in [4.78, 5) is 20.2. The number of ether oxygens (including phenoxy) is 1. The van der Waals surface area contributed by atoms with Gasteiger partial charge in [-0.25, -0.2) is 4.98 Å². The van der Waals surface area contributed by atoms with Gasteiger partial charge in [0.1, 0.15) is 4.83 Å². The summed E-state index contributed by atoms with van der Waals surface area (Å²) < 4.78 is 7.60. The van der Waals surface area contributed by atoms with E-state index < -0.39 is 0 Å². The van der Waals surface area contributed by atoms with E-state index in [0.29, 0.717) is 6.10 Å². The van der Waals surface area contributed by atoms with Crippen LogP contribution in [0.15, 0.2) is 9.95 Å². The zero-order valence-electron chi connectivity index (χ0n) is 13.5. The normalized spacial score (nSPS) is 20.5. The van der Waals surface area contributed by atoms with E-state index in [1.54, 1.807) is 23.1 Å². The number of fused-ring (bicyclic) bond motifs is 3. The third-order valence-corrected chi connectivity index (χ3v) is 6.95. The summed E-state index contributed by atoms with van der Waals surface area (Å²) in [5.41, 5.74) is 1.45. The number of rotatable bonds is 5. The molecule has 0 unspecified atom stereocenters. The lowest BCUT2D eigenvalue weighted by Crippen LogP contribution is -2.24. The summed E-state index contributed by atoms with van der Waals surface area (Å²) in [6.45, 7) is 3.74. The molecule has 0 saturated carbocycles. The highest BCUT2D eigenvalue weighted by Gasteiger charge is 2.24. The molecule has 2 aromatic heterocycles. The van der Waals surface area contributed by atoms with E-state index in [4.69, 9.17) is 9.72 Å². The number of nitrogens with zero attached hydrogens (tertiary/aromatic N) is 2. The molecule has 1 aliphatic heterocycles. The van der Waals surface area contributed by atoms with Gasteiger partial charge in [-0.15, -0.1) is 11.3 Å². The smallest absolute Gasteiger partial charge is 0.263 e. The topological polar surface area (TPSA) is 44.1 Å². The van der Waals surface area contributed by atoms with Crippen LogP contribution in [0, 0.1) is 0 Å². The van der Waals surface area contributed by atoms with Gasteiger partial charge in [-0.1, -0.05) is 18.7 Å². The van der Waals surface area contributed by atoms with E-state index in [1.807, 2.05) is 4.57 Å². The van der Waals surface area contributed by atoms with Crippen LogP contribution in [0.5, 0.6) is 0 Å². The lowest BCUT2D eigenvalue weighted by molar-refractivity contribution is 0.129. The van der Waals surface area contributed by atoms with E-state index >= 15 is 0 Å². The summed E-state index contributed by atoms with van der Waals surface area (Å²) in [6.07, 6.45) is 6.88. The molecule has 0 aromatic carbocycles. The molecule has 4 nitrogen and oxygen atoms in total. The fourth-order valence-electron chi connectivity index (χ4n) is 3.53. The molecule has 1 saturated heterocycles. The number of thioether (sulfide) groups is 1. The highest BCUT2D eigenvalue weighted by molar-refractivity contribution is 7.99. The van der Waals surface area contributed by atoms with Crippen LogP contribution in [0.3, 0.4) is 0 Å². The fourth-order valence-corrected chi connectivity index (χ4v) is 5.93. The highest BCUT2D eigenvalue weighted by atomic mass is 32.2. The number of aryl methyl sites for hydroxylation is 2. The van der Waals surface area contributed by atoms with Crippen molar-refractivity contribution < 1.29 is 4.74 Å². The zero-order valence-corrected chi connectivity index (χ0v) is 15.1. The Balaban J connectivity index is 1.73. The van der Waals surface area contributed by atoms with E-state index in [9.17, 15) is 4.79 Å². The molecule has 124 valence electrons. The van der Waals surface area contributed by atoms with Gasteiger partial charge in [0.15, 0.2) is 5.16 Å². The van der Waals surface area contributed by atoms with Crippen molar-refractivity contribution in [3.63, 3.8) is 0 Å². The van der Waals surface area contributed by atoms with Crippen LogP contribution in [-0.4, -0.2) is 28.0 Å². The van der Waals surface area contributed by atoms with E-state index in [2.05, 4.69) is 6.92 Å². The van der Waals surface area contributed by atoms with Crippen molar-refractivity contribution in [1.82, 2.24) is 9.55 Å². The van der Waals surface area contributed by atoms with Gasteiger partial charge in [-0.3, -0.25) is 9.36 Å². The van der Waals surface area contributed by atoms with Crippen molar-refractivity contribution in [3.8, 4) is 0 Å². The summed E-state index contributed by atoms with van der Waals surface area (Å²) in [7, 11) is 0. The monoisotopic (exact) mass is 350 g/mol. The number of aromatic nitrogens is 2. The first-order valence-corrected chi connectivity index (χ1v) is 10.4. The van der Waals surface area contributed by atoms with Crippen molar-refractivity contribution >= 4 is 33.3 Å². The van der Waals surface area contributed by atoms with Crippen LogP contribution in [0.2, 0.25) is 0 Å². The maximum absolute atomic E-state index is 13.0. The summed E-state index contributed by atoms with van der Waals surface area (Å²) in [6, 6.07) is 0. The van der Waals surface area contributed by atoms with Gasteiger partial charge >= 0.3 is 0 Å². The maximum atomic E-state index is 13.0. The van der Waals surface area contributed by atoms with E-state index in [0.717, 1.165) is 66.4 Å². The first-order chi connectivity index (χ1) is 11.3. The molecular weight excluding hydrogens is 328 g/mol. The largest absolute Gasteiger partial charge is 0.377 e. The third-order valence-electron chi connectivity index (χ3n) is 4.66. The molecular formula is C17H22N2O2S2. The van der Waals surface area contributed by atoms with Crippen LogP contribution < -0.4 is 5.56 Å². The second kappa shape index (κ2) is 6.57. The molecule has 0 bridgehead atoms. The van der Waals surface area contributed by atoms with Gasteiger partial charge in [0.25, 0.3) is 5.56 Å². The standard InChI is InChI=1S/C17H22N2O2S2/c1-2-8-19-16(20)14-12-6-3-7-13(12)23-15(14)18-17(19)22-10-11-5-4-9-21-11/h11H,2-10H2,1H3/t11-/m0/s1. The summed E-state index contributed by atoms with van der Waals surface area (Å²) in [5, 5.41) is 1.78.